The molecule has 3 N–H and O–H groups in total. The van der Waals surface area contributed by atoms with E-state index in [-0.39, 0.29) is 11.8 Å². The van der Waals surface area contributed by atoms with Crippen LogP contribution >= 0.6 is 11.8 Å². The Morgan fingerprint density at radius 2 is 2.04 bits per heavy atom. The molecule has 1 fully saturated rings. The molecule has 1 amide bonds. The van der Waals surface area contributed by atoms with Gasteiger partial charge in [-0.25, -0.2) is 4.98 Å². The average molecular weight is 366 g/mol. The highest BCUT2D eigenvalue weighted by atomic mass is 32.2. The van der Waals surface area contributed by atoms with Crippen LogP contribution in [0.5, 0.6) is 0 Å². The number of aromatic amines is 1. The third-order valence-corrected chi connectivity index (χ3v) is 4.79. The van der Waals surface area contributed by atoms with Crippen molar-refractivity contribution in [1.82, 2.24) is 20.2 Å². The predicted octanol–water partition coefficient (Wildman–Crippen LogP) is 3.75. The number of carbonyl (C=O) groups excluding carboxylic acids is 1. The van der Waals surface area contributed by atoms with Crippen molar-refractivity contribution in [3.63, 3.8) is 0 Å². The first-order valence-electron chi connectivity index (χ1n) is 8.35. The van der Waals surface area contributed by atoms with Crippen LogP contribution in [0.4, 0.5) is 17.3 Å². The van der Waals surface area contributed by atoms with Gasteiger partial charge in [-0.15, -0.1) is 0 Å². The van der Waals surface area contributed by atoms with Crippen LogP contribution in [0, 0.1) is 12.8 Å². The van der Waals surface area contributed by atoms with E-state index in [0.717, 1.165) is 40.0 Å². The van der Waals surface area contributed by atoms with Crippen molar-refractivity contribution in [3.8, 4) is 0 Å². The summed E-state index contributed by atoms with van der Waals surface area (Å²) in [4.78, 5) is 21.6. The van der Waals surface area contributed by atoms with E-state index < -0.39 is 0 Å². The fourth-order valence-electron chi connectivity index (χ4n) is 2.40. The molecule has 2 heterocycles. The first-order valence-corrected chi connectivity index (χ1v) is 9.17. The molecule has 0 radical (unpaired) electrons. The maximum atomic E-state index is 11.8. The number of nitrogens with one attached hydrogen (secondary N) is 3. The van der Waals surface area contributed by atoms with Gasteiger partial charge in [0.05, 0.1) is 18.1 Å². The van der Waals surface area contributed by atoms with E-state index in [1.165, 1.54) is 11.8 Å². The number of benzene rings is 1. The van der Waals surface area contributed by atoms with E-state index in [2.05, 4.69) is 30.8 Å². The van der Waals surface area contributed by atoms with E-state index in [0.29, 0.717) is 5.82 Å². The summed E-state index contributed by atoms with van der Waals surface area (Å²) in [5.74, 6) is 1.74. The molecule has 0 bridgehead atoms. The number of rotatable bonds is 6. The fraction of sp³-hybridized carbons (Fsp3) is 0.222. The highest BCUT2D eigenvalue weighted by Gasteiger charge is 2.29. The van der Waals surface area contributed by atoms with Gasteiger partial charge in [0.15, 0.2) is 5.82 Å². The molecule has 26 heavy (non-hydrogen) atoms. The third kappa shape index (κ3) is 4.20. The molecule has 1 aliphatic rings. The standard InChI is InChI=1S/C18H18N6OS/c1-11-8-15(24-23-11)21-16-9-19-10-17(22-16)26-14-6-4-13(5-7-14)20-18(25)12-2-3-12/h4-10,12H,2-3H2,1H3,(H,20,25)(H2,21,22,23,24). The average Bonchev–Trinajstić information content (AvgIpc) is 3.40. The molecule has 0 saturated heterocycles. The summed E-state index contributed by atoms with van der Waals surface area (Å²) < 4.78 is 0. The highest BCUT2D eigenvalue weighted by molar-refractivity contribution is 7.99. The zero-order valence-electron chi connectivity index (χ0n) is 14.2. The second-order valence-corrected chi connectivity index (χ2v) is 7.27. The lowest BCUT2D eigenvalue weighted by Gasteiger charge is -2.07. The van der Waals surface area contributed by atoms with Gasteiger partial charge in [-0.05, 0) is 44.0 Å². The molecule has 0 unspecified atom stereocenters. The minimum absolute atomic E-state index is 0.115. The van der Waals surface area contributed by atoms with E-state index in [4.69, 9.17) is 0 Å². The van der Waals surface area contributed by atoms with Gasteiger partial charge >= 0.3 is 0 Å². The summed E-state index contributed by atoms with van der Waals surface area (Å²) in [6.07, 6.45) is 5.38. The summed E-state index contributed by atoms with van der Waals surface area (Å²) in [5, 5.41) is 13.8. The molecule has 1 aliphatic carbocycles. The topological polar surface area (TPSA) is 95.6 Å². The lowest BCUT2D eigenvalue weighted by Crippen LogP contribution is -2.12. The van der Waals surface area contributed by atoms with E-state index in [9.17, 15) is 4.79 Å². The number of anilines is 3. The van der Waals surface area contributed by atoms with Gasteiger partial charge in [0.2, 0.25) is 5.91 Å². The monoisotopic (exact) mass is 366 g/mol. The van der Waals surface area contributed by atoms with Gasteiger partial charge in [-0.1, -0.05) is 11.8 Å². The Balaban J connectivity index is 1.40. The maximum Gasteiger partial charge on any atom is 0.227 e. The number of nitrogens with zero attached hydrogens (tertiary/aromatic N) is 3. The van der Waals surface area contributed by atoms with Crippen molar-refractivity contribution in [2.75, 3.05) is 10.6 Å². The second kappa shape index (κ2) is 7.17. The zero-order chi connectivity index (χ0) is 17.9. The molecule has 1 saturated carbocycles. The Hall–Kier alpha value is -2.87. The van der Waals surface area contributed by atoms with Crippen LogP contribution in [0.2, 0.25) is 0 Å². The summed E-state index contributed by atoms with van der Waals surface area (Å²) in [5.41, 5.74) is 1.72. The van der Waals surface area contributed by atoms with Crippen molar-refractivity contribution >= 4 is 35.0 Å². The van der Waals surface area contributed by atoms with Crippen LogP contribution in [0.15, 0.2) is 52.6 Å². The molecule has 1 aromatic carbocycles. The molecule has 0 spiro atoms. The van der Waals surface area contributed by atoms with Gasteiger partial charge in [0.1, 0.15) is 10.8 Å². The zero-order valence-corrected chi connectivity index (χ0v) is 15.0. The van der Waals surface area contributed by atoms with Gasteiger partial charge < -0.3 is 10.6 Å². The third-order valence-electron chi connectivity index (χ3n) is 3.87. The van der Waals surface area contributed by atoms with Crippen molar-refractivity contribution in [1.29, 1.82) is 0 Å². The van der Waals surface area contributed by atoms with Crippen molar-refractivity contribution in [2.45, 2.75) is 29.7 Å². The number of hydrogen-bond donors (Lipinski definition) is 3. The Bertz CT molecular complexity index is 919. The molecule has 0 atom stereocenters. The van der Waals surface area contributed by atoms with Crippen LogP contribution in [0.3, 0.4) is 0 Å². The number of amides is 1. The summed E-state index contributed by atoms with van der Waals surface area (Å²) in [6, 6.07) is 9.65. The van der Waals surface area contributed by atoms with Crippen LogP contribution in [0.1, 0.15) is 18.5 Å². The van der Waals surface area contributed by atoms with Gasteiger partial charge in [-0.3, -0.25) is 14.9 Å². The van der Waals surface area contributed by atoms with Crippen LogP contribution in [-0.4, -0.2) is 26.1 Å². The quantitative estimate of drug-likeness (QED) is 0.615. The minimum atomic E-state index is 0.115. The van der Waals surface area contributed by atoms with E-state index in [1.54, 1.807) is 12.4 Å². The minimum Gasteiger partial charge on any atom is -0.326 e. The fourth-order valence-corrected chi connectivity index (χ4v) is 3.17. The van der Waals surface area contributed by atoms with Gasteiger partial charge in [0, 0.05) is 22.6 Å². The van der Waals surface area contributed by atoms with Crippen molar-refractivity contribution < 1.29 is 4.79 Å². The molecular formula is C18H18N6OS. The number of hydrogen-bond acceptors (Lipinski definition) is 6. The number of aromatic nitrogens is 4. The normalized spacial score (nSPS) is 13.4. The predicted molar refractivity (Wildman–Crippen MR) is 101 cm³/mol. The Labute approximate surface area is 155 Å². The lowest BCUT2D eigenvalue weighted by molar-refractivity contribution is -0.117. The van der Waals surface area contributed by atoms with Crippen molar-refractivity contribution in [2.24, 2.45) is 5.92 Å². The largest absolute Gasteiger partial charge is 0.326 e. The van der Waals surface area contributed by atoms with Gasteiger partial charge in [-0.2, -0.15) is 5.10 Å². The Kier molecular flexibility index (Phi) is 4.57. The summed E-state index contributed by atoms with van der Waals surface area (Å²) in [6.45, 7) is 1.91. The first kappa shape index (κ1) is 16.6. The lowest BCUT2D eigenvalue weighted by atomic mass is 10.3. The van der Waals surface area contributed by atoms with Crippen LogP contribution < -0.4 is 10.6 Å². The molecule has 2 aromatic heterocycles. The molecule has 8 heteroatoms. The SMILES string of the molecule is Cc1cc(Nc2cncc(Sc3ccc(NC(=O)C4CC4)cc3)n2)[nH]n1. The molecule has 7 nitrogen and oxygen atoms in total. The number of H-pyrrole nitrogens is 1. The smallest absolute Gasteiger partial charge is 0.227 e. The maximum absolute atomic E-state index is 11.8. The number of carbonyl (C=O) groups is 1. The van der Waals surface area contributed by atoms with Gasteiger partial charge in [0.25, 0.3) is 0 Å². The first-order chi connectivity index (χ1) is 12.7. The van der Waals surface area contributed by atoms with Crippen LogP contribution in [0.25, 0.3) is 0 Å². The molecule has 3 aromatic rings. The second-order valence-electron chi connectivity index (χ2n) is 6.18. The van der Waals surface area contributed by atoms with Crippen LogP contribution in [-0.2, 0) is 4.79 Å². The molecule has 132 valence electrons. The molecular weight excluding hydrogens is 348 g/mol. The summed E-state index contributed by atoms with van der Waals surface area (Å²) in [7, 11) is 0. The van der Waals surface area contributed by atoms with E-state index >= 15 is 0 Å². The highest BCUT2D eigenvalue weighted by Crippen LogP contribution is 2.31. The Morgan fingerprint density at radius 1 is 1.23 bits per heavy atom. The van der Waals surface area contributed by atoms with Crippen molar-refractivity contribution in [3.05, 3.63) is 48.4 Å². The number of aryl methyl sites for hydroxylation is 1. The Morgan fingerprint density at radius 3 is 2.73 bits per heavy atom. The molecule has 0 aliphatic heterocycles. The van der Waals surface area contributed by atoms with E-state index in [1.807, 2.05) is 37.3 Å². The molecule has 4 rings (SSSR count). The summed E-state index contributed by atoms with van der Waals surface area (Å²) >= 11 is 1.51.